The van der Waals surface area contributed by atoms with E-state index in [4.69, 9.17) is 0 Å². The Bertz CT molecular complexity index is 477. The van der Waals surface area contributed by atoms with Gasteiger partial charge in [0.1, 0.15) is 5.82 Å². The summed E-state index contributed by atoms with van der Waals surface area (Å²) < 4.78 is 12.9. The van der Waals surface area contributed by atoms with Crippen LogP contribution in [-0.4, -0.2) is 30.7 Å². The van der Waals surface area contributed by atoms with Crippen LogP contribution in [0.1, 0.15) is 24.4 Å². The number of piperidine rings is 1. The summed E-state index contributed by atoms with van der Waals surface area (Å²) >= 11 is 0. The molecule has 1 atom stereocenters. The largest absolute Gasteiger partial charge is 0.394 e. The number of nitrogens with one attached hydrogen (secondary N) is 2. The molecular weight excluding hydrogens is 259 g/mol. The minimum atomic E-state index is -0.512. The standard InChI is InChI=1S/C15H19FN2O2/c16-13-3-1-12(2-4-13)14(10-19)18-15(20)9-11-5-7-17-8-6-11/h1-4,9,14,17,19H,5-8,10H2,(H,18,20). The highest BCUT2D eigenvalue weighted by molar-refractivity contribution is 5.88. The predicted molar refractivity (Wildman–Crippen MR) is 74.6 cm³/mol. The summed E-state index contributed by atoms with van der Waals surface area (Å²) in [6.45, 7) is 1.56. The van der Waals surface area contributed by atoms with Crippen LogP contribution in [0.4, 0.5) is 4.39 Å². The highest BCUT2D eigenvalue weighted by Gasteiger charge is 2.13. The lowest BCUT2D eigenvalue weighted by atomic mass is 10.0. The molecule has 1 unspecified atom stereocenters. The summed E-state index contributed by atoms with van der Waals surface area (Å²) in [6, 6.07) is 5.24. The smallest absolute Gasteiger partial charge is 0.244 e. The molecule has 1 aromatic rings. The third-order valence-electron chi connectivity index (χ3n) is 3.35. The Balaban J connectivity index is 1.98. The molecule has 0 aliphatic carbocycles. The van der Waals surface area contributed by atoms with E-state index in [-0.39, 0.29) is 18.3 Å². The van der Waals surface area contributed by atoms with Gasteiger partial charge < -0.3 is 15.7 Å². The van der Waals surface area contributed by atoms with Crippen molar-refractivity contribution in [1.29, 1.82) is 0 Å². The molecule has 1 aliphatic heterocycles. The van der Waals surface area contributed by atoms with E-state index >= 15 is 0 Å². The Hall–Kier alpha value is -1.72. The monoisotopic (exact) mass is 278 g/mol. The molecular formula is C15H19FN2O2. The fourth-order valence-electron chi connectivity index (χ4n) is 2.22. The van der Waals surface area contributed by atoms with Crippen LogP contribution in [0.5, 0.6) is 0 Å². The molecule has 2 rings (SSSR count). The van der Waals surface area contributed by atoms with E-state index in [0.717, 1.165) is 31.5 Å². The molecule has 108 valence electrons. The van der Waals surface area contributed by atoms with Crippen LogP contribution in [0.15, 0.2) is 35.9 Å². The van der Waals surface area contributed by atoms with E-state index in [0.29, 0.717) is 5.56 Å². The molecule has 1 aliphatic rings. The zero-order valence-electron chi connectivity index (χ0n) is 11.2. The Morgan fingerprint density at radius 2 is 2.00 bits per heavy atom. The Kier molecular flexibility index (Phi) is 5.26. The number of halogens is 1. The molecule has 1 aromatic carbocycles. The minimum Gasteiger partial charge on any atom is -0.394 e. The minimum absolute atomic E-state index is 0.217. The van der Waals surface area contributed by atoms with Crippen LogP contribution in [0.2, 0.25) is 0 Å². The zero-order chi connectivity index (χ0) is 14.4. The van der Waals surface area contributed by atoms with Gasteiger partial charge in [0.05, 0.1) is 12.6 Å². The van der Waals surface area contributed by atoms with E-state index in [1.807, 2.05) is 0 Å². The second-order valence-electron chi connectivity index (χ2n) is 4.85. The van der Waals surface area contributed by atoms with E-state index in [1.165, 1.54) is 12.1 Å². The van der Waals surface area contributed by atoms with Gasteiger partial charge in [0, 0.05) is 6.08 Å². The van der Waals surface area contributed by atoms with Crippen molar-refractivity contribution < 1.29 is 14.3 Å². The van der Waals surface area contributed by atoms with Crippen molar-refractivity contribution in [2.75, 3.05) is 19.7 Å². The van der Waals surface area contributed by atoms with E-state index in [1.54, 1.807) is 18.2 Å². The predicted octanol–water partition coefficient (Wildman–Crippen LogP) is 1.29. The van der Waals surface area contributed by atoms with Crippen LogP contribution in [0.25, 0.3) is 0 Å². The van der Waals surface area contributed by atoms with Crippen molar-refractivity contribution in [2.45, 2.75) is 18.9 Å². The second-order valence-corrected chi connectivity index (χ2v) is 4.85. The average Bonchev–Trinajstić information content (AvgIpc) is 2.47. The lowest BCUT2D eigenvalue weighted by Gasteiger charge is -2.18. The number of carbonyl (C=O) groups is 1. The summed E-state index contributed by atoms with van der Waals surface area (Å²) in [5.74, 6) is -0.557. The highest BCUT2D eigenvalue weighted by atomic mass is 19.1. The highest BCUT2D eigenvalue weighted by Crippen LogP contribution is 2.14. The van der Waals surface area contributed by atoms with Crippen LogP contribution >= 0.6 is 0 Å². The van der Waals surface area contributed by atoms with Crippen LogP contribution in [0.3, 0.4) is 0 Å². The van der Waals surface area contributed by atoms with E-state index in [9.17, 15) is 14.3 Å². The number of aliphatic hydroxyl groups excluding tert-OH is 1. The number of hydrogen-bond donors (Lipinski definition) is 3. The first-order valence-corrected chi connectivity index (χ1v) is 6.76. The van der Waals surface area contributed by atoms with Crippen LogP contribution < -0.4 is 10.6 Å². The Morgan fingerprint density at radius 3 is 2.60 bits per heavy atom. The van der Waals surface area contributed by atoms with Gasteiger partial charge in [-0.15, -0.1) is 0 Å². The van der Waals surface area contributed by atoms with Crippen molar-refractivity contribution in [2.24, 2.45) is 0 Å². The Morgan fingerprint density at radius 1 is 1.35 bits per heavy atom. The molecule has 0 radical (unpaired) electrons. The van der Waals surface area contributed by atoms with E-state index in [2.05, 4.69) is 10.6 Å². The third kappa shape index (κ3) is 4.15. The summed E-state index contributed by atoms with van der Waals surface area (Å²) in [4.78, 5) is 11.9. The summed E-state index contributed by atoms with van der Waals surface area (Å²) in [5, 5.41) is 15.3. The van der Waals surface area contributed by atoms with Crippen molar-refractivity contribution in [3.05, 3.63) is 47.3 Å². The lowest BCUT2D eigenvalue weighted by molar-refractivity contribution is -0.117. The number of benzene rings is 1. The van der Waals surface area contributed by atoms with Gasteiger partial charge in [-0.05, 0) is 43.6 Å². The van der Waals surface area contributed by atoms with Crippen LogP contribution in [0, 0.1) is 5.82 Å². The van der Waals surface area contributed by atoms with Gasteiger partial charge in [0.25, 0.3) is 0 Å². The molecule has 5 heteroatoms. The molecule has 20 heavy (non-hydrogen) atoms. The molecule has 0 aromatic heterocycles. The van der Waals surface area contributed by atoms with Gasteiger partial charge >= 0.3 is 0 Å². The molecule has 0 spiro atoms. The lowest BCUT2D eigenvalue weighted by Crippen LogP contribution is -2.30. The maximum absolute atomic E-state index is 12.9. The molecule has 0 bridgehead atoms. The SMILES string of the molecule is O=C(C=C1CCNCC1)NC(CO)c1ccc(F)cc1. The molecule has 4 nitrogen and oxygen atoms in total. The first kappa shape index (κ1) is 14.7. The molecule has 0 saturated carbocycles. The van der Waals surface area contributed by atoms with Crippen molar-refractivity contribution in [3.8, 4) is 0 Å². The fraction of sp³-hybridized carbons (Fsp3) is 0.400. The molecule has 1 heterocycles. The van der Waals surface area contributed by atoms with E-state index < -0.39 is 6.04 Å². The van der Waals surface area contributed by atoms with Gasteiger partial charge in [-0.2, -0.15) is 0 Å². The number of aliphatic hydroxyl groups is 1. The van der Waals surface area contributed by atoms with Gasteiger partial charge in [-0.3, -0.25) is 4.79 Å². The van der Waals surface area contributed by atoms with Gasteiger partial charge in [0.2, 0.25) is 5.91 Å². The zero-order valence-corrected chi connectivity index (χ0v) is 11.2. The maximum atomic E-state index is 12.9. The topological polar surface area (TPSA) is 61.4 Å². The summed E-state index contributed by atoms with van der Waals surface area (Å²) in [5.41, 5.74) is 1.79. The molecule has 1 amide bonds. The first-order valence-electron chi connectivity index (χ1n) is 6.76. The summed E-state index contributed by atoms with van der Waals surface area (Å²) in [6.07, 6.45) is 3.34. The average molecular weight is 278 g/mol. The van der Waals surface area contributed by atoms with Gasteiger partial charge in [-0.25, -0.2) is 4.39 Å². The quantitative estimate of drug-likeness (QED) is 0.727. The molecule has 3 N–H and O–H groups in total. The normalized spacial score (nSPS) is 16.6. The van der Waals surface area contributed by atoms with Crippen molar-refractivity contribution >= 4 is 5.91 Å². The van der Waals surface area contributed by atoms with Crippen molar-refractivity contribution in [3.63, 3.8) is 0 Å². The maximum Gasteiger partial charge on any atom is 0.244 e. The Labute approximate surface area is 117 Å². The van der Waals surface area contributed by atoms with Gasteiger partial charge in [0.15, 0.2) is 0 Å². The number of hydrogen-bond acceptors (Lipinski definition) is 3. The van der Waals surface area contributed by atoms with Crippen molar-refractivity contribution in [1.82, 2.24) is 10.6 Å². The molecule has 1 saturated heterocycles. The molecule has 1 fully saturated rings. The summed E-state index contributed by atoms with van der Waals surface area (Å²) in [7, 11) is 0. The third-order valence-corrected chi connectivity index (χ3v) is 3.35. The van der Waals surface area contributed by atoms with Crippen LogP contribution in [-0.2, 0) is 4.79 Å². The first-order chi connectivity index (χ1) is 9.69. The second kappa shape index (κ2) is 7.17. The number of carbonyl (C=O) groups excluding carboxylic acids is 1. The van der Waals surface area contributed by atoms with Gasteiger partial charge in [-0.1, -0.05) is 17.7 Å². The number of amides is 1. The fourth-order valence-corrected chi connectivity index (χ4v) is 2.22. The number of rotatable bonds is 4.